The van der Waals surface area contributed by atoms with Crippen LogP contribution in [0.1, 0.15) is 6.92 Å². The molecule has 3 N–H and O–H groups in total. The zero-order valence-electron chi connectivity index (χ0n) is 6.14. The van der Waals surface area contributed by atoms with Crippen molar-refractivity contribution in [2.24, 2.45) is 0 Å². The van der Waals surface area contributed by atoms with Crippen LogP contribution in [0.5, 0.6) is 0 Å². The van der Waals surface area contributed by atoms with Crippen LogP contribution >= 0.6 is 0 Å². The van der Waals surface area contributed by atoms with Crippen molar-refractivity contribution in [3.63, 3.8) is 0 Å². The molecule has 1 radical (unpaired) electrons. The number of hydrogen-bond acceptors (Lipinski definition) is 3. The van der Waals surface area contributed by atoms with Crippen molar-refractivity contribution < 1.29 is 29.7 Å². The van der Waals surface area contributed by atoms with Crippen LogP contribution in [0.2, 0.25) is 0 Å². The fourth-order valence-electron chi connectivity index (χ4n) is 0.645. The van der Waals surface area contributed by atoms with E-state index in [-0.39, 0.29) is 0 Å². The van der Waals surface area contributed by atoms with E-state index in [0.29, 0.717) is 0 Å². The Morgan fingerprint density at radius 1 is 1.00 bits per heavy atom. The quantitative estimate of drug-likeness (QED) is 0.571. The van der Waals surface area contributed by atoms with E-state index in [9.17, 15) is 14.4 Å². The smallest absolute Gasteiger partial charge is 0.433 e. The highest BCUT2D eigenvalue weighted by atomic mass is 28.3. The summed E-state index contributed by atoms with van der Waals surface area (Å²) < 4.78 is 0. The summed E-state index contributed by atoms with van der Waals surface area (Å²) in [6.07, 6.45) is 0. The van der Waals surface area contributed by atoms with Gasteiger partial charge in [0.05, 0.1) is 0 Å². The van der Waals surface area contributed by atoms with E-state index in [0.717, 1.165) is 13.0 Å². The lowest BCUT2D eigenvalue weighted by atomic mass is 11.0. The zero-order valence-corrected chi connectivity index (χ0v) is 7.14. The molecule has 0 aromatic carbocycles. The summed E-state index contributed by atoms with van der Waals surface area (Å²) in [4.78, 5) is 31.2. The van der Waals surface area contributed by atoms with E-state index in [1.54, 1.807) is 0 Å². The standard InChI is InChI=1S/C5H7O6Si/c1-2-12(3(6)7,4(8)9)5(10)11/h2H,1H3,(H,6,7)(H,8,9)(H,10,11). The molecule has 0 aromatic heterocycles. The van der Waals surface area contributed by atoms with Crippen molar-refractivity contribution in [3.05, 3.63) is 6.04 Å². The lowest BCUT2D eigenvalue weighted by Crippen LogP contribution is -2.58. The molecule has 0 aliphatic heterocycles. The Morgan fingerprint density at radius 3 is 1.25 bits per heavy atom. The minimum atomic E-state index is -4.38. The van der Waals surface area contributed by atoms with E-state index >= 15 is 0 Å². The third kappa shape index (κ3) is 1.30. The number of carboxylic acid groups (broad SMARTS) is 3. The monoisotopic (exact) mass is 191 g/mol. The molecule has 0 heterocycles. The number of carbonyl (C=O) groups is 3. The second kappa shape index (κ2) is 3.35. The number of hydrogen-bond donors (Lipinski definition) is 3. The van der Waals surface area contributed by atoms with Gasteiger partial charge in [-0.05, 0) is 6.04 Å². The Labute approximate surface area is 68.4 Å². The molecule has 0 saturated carbocycles. The van der Waals surface area contributed by atoms with Gasteiger partial charge in [-0.3, -0.25) is 14.4 Å². The van der Waals surface area contributed by atoms with E-state index in [1.165, 1.54) is 0 Å². The molecule has 0 saturated heterocycles. The van der Waals surface area contributed by atoms with Gasteiger partial charge in [-0.1, -0.05) is 6.92 Å². The fraction of sp³-hybridized carbons (Fsp3) is 0.200. The van der Waals surface area contributed by atoms with Gasteiger partial charge in [0.15, 0.2) is 0 Å². The van der Waals surface area contributed by atoms with Crippen molar-refractivity contribution in [2.75, 3.05) is 0 Å². The summed E-state index contributed by atoms with van der Waals surface area (Å²) in [5, 5.41) is 25.3. The SMILES string of the molecule is C[CH][Si](C(=O)O)(C(=O)O)C(=O)O. The van der Waals surface area contributed by atoms with Crippen molar-refractivity contribution in [1.29, 1.82) is 0 Å². The lowest BCUT2D eigenvalue weighted by Gasteiger charge is -2.12. The van der Waals surface area contributed by atoms with E-state index in [1.807, 2.05) is 0 Å². The van der Waals surface area contributed by atoms with Gasteiger partial charge in [0.25, 0.3) is 16.8 Å². The van der Waals surface area contributed by atoms with Crippen molar-refractivity contribution >= 4 is 24.9 Å². The average molecular weight is 191 g/mol. The Kier molecular flexibility index (Phi) is 2.97. The van der Waals surface area contributed by atoms with Crippen LogP contribution in [0.3, 0.4) is 0 Å². The van der Waals surface area contributed by atoms with Crippen LogP contribution in [-0.2, 0) is 0 Å². The first-order valence-electron chi connectivity index (χ1n) is 2.90. The second-order valence-corrected chi connectivity index (χ2v) is 5.49. The van der Waals surface area contributed by atoms with Crippen molar-refractivity contribution in [1.82, 2.24) is 0 Å². The highest BCUT2D eigenvalue weighted by Gasteiger charge is 2.58. The van der Waals surface area contributed by atoms with Gasteiger partial charge < -0.3 is 15.3 Å². The summed E-state index contributed by atoms with van der Waals surface area (Å²) in [7, 11) is -4.38. The maximum Gasteiger partial charge on any atom is 0.433 e. The molecule has 7 heteroatoms. The average Bonchev–Trinajstić information content (AvgIpc) is 1.86. The molecule has 0 atom stereocenters. The van der Waals surface area contributed by atoms with Crippen molar-refractivity contribution in [3.8, 4) is 0 Å². The molecule has 0 amide bonds. The molecule has 6 nitrogen and oxygen atoms in total. The molecule has 0 bridgehead atoms. The highest BCUT2D eigenvalue weighted by Crippen LogP contribution is 2.11. The summed E-state index contributed by atoms with van der Waals surface area (Å²) in [6, 6.07) is 0.750. The van der Waals surface area contributed by atoms with Crippen LogP contribution < -0.4 is 0 Å². The topological polar surface area (TPSA) is 112 Å². The summed E-state index contributed by atoms with van der Waals surface area (Å²) in [5.74, 6) is 0. The summed E-state index contributed by atoms with van der Waals surface area (Å²) >= 11 is 0. The van der Waals surface area contributed by atoms with Gasteiger partial charge in [0.1, 0.15) is 0 Å². The van der Waals surface area contributed by atoms with Gasteiger partial charge in [-0.15, -0.1) is 0 Å². The molecule has 0 fully saturated rings. The van der Waals surface area contributed by atoms with Crippen LogP contribution in [0, 0.1) is 6.04 Å². The maximum atomic E-state index is 10.4. The molecule has 0 rings (SSSR count). The van der Waals surface area contributed by atoms with Gasteiger partial charge >= 0.3 is 8.07 Å². The Hall–Kier alpha value is -1.37. The molecule has 0 spiro atoms. The molecule has 0 aromatic rings. The third-order valence-electron chi connectivity index (χ3n) is 1.45. The number of rotatable bonds is 4. The van der Waals surface area contributed by atoms with Crippen LogP contribution in [0.15, 0.2) is 0 Å². The van der Waals surface area contributed by atoms with Gasteiger partial charge in [0, 0.05) is 0 Å². The summed E-state index contributed by atoms with van der Waals surface area (Å²) in [5.41, 5.74) is -5.32. The molecular formula is C5H7O6Si. The molecule has 12 heavy (non-hydrogen) atoms. The van der Waals surface area contributed by atoms with Crippen LogP contribution in [0.25, 0.3) is 0 Å². The first kappa shape index (κ1) is 10.6. The fourth-order valence-corrected chi connectivity index (χ4v) is 1.93. The molecule has 0 aliphatic rings. The Morgan fingerprint density at radius 2 is 1.25 bits per heavy atom. The normalized spacial score (nSPS) is 10.8. The van der Waals surface area contributed by atoms with E-state index < -0.39 is 24.9 Å². The first-order chi connectivity index (χ1) is 5.39. The van der Waals surface area contributed by atoms with Gasteiger partial charge in [-0.25, -0.2) is 0 Å². The Bertz CT molecular complexity index is 198. The lowest BCUT2D eigenvalue weighted by molar-refractivity contribution is 0.202. The molecular weight excluding hydrogens is 184 g/mol. The van der Waals surface area contributed by atoms with E-state index in [2.05, 4.69) is 0 Å². The predicted molar refractivity (Wildman–Crippen MR) is 39.8 cm³/mol. The molecule has 67 valence electrons. The second-order valence-electron chi connectivity index (χ2n) is 2.01. The van der Waals surface area contributed by atoms with Crippen molar-refractivity contribution in [2.45, 2.75) is 6.92 Å². The summed E-state index contributed by atoms with van der Waals surface area (Å²) in [6.45, 7) is 1.13. The van der Waals surface area contributed by atoms with Gasteiger partial charge in [0.2, 0.25) is 0 Å². The molecule has 0 aliphatic carbocycles. The minimum absolute atomic E-state index is 0.750. The first-order valence-corrected chi connectivity index (χ1v) is 4.98. The van der Waals surface area contributed by atoms with Gasteiger partial charge in [-0.2, -0.15) is 0 Å². The predicted octanol–water partition coefficient (Wildman–Crippen LogP) is 0.978. The zero-order chi connectivity index (χ0) is 9.94. The maximum absolute atomic E-state index is 10.4. The van der Waals surface area contributed by atoms with E-state index in [4.69, 9.17) is 15.3 Å². The largest absolute Gasteiger partial charge is 0.485 e. The van der Waals surface area contributed by atoms with Crippen LogP contribution in [-0.4, -0.2) is 40.2 Å². The highest BCUT2D eigenvalue weighted by molar-refractivity contribution is 7.40. The van der Waals surface area contributed by atoms with Crippen LogP contribution in [0.4, 0.5) is 14.4 Å². The minimum Gasteiger partial charge on any atom is -0.485 e. The Balaban J connectivity index is 5.19. The third-order valence-corrected chi connectivity index (χ3v) is 4.34. The molecule has 0 unspecified atom stereocenters.